The summed E-state index contributed by atoms with van der Waals surface area (Å²) >= 11 is 0.964. The summed E-state index contributed by atoms with van der Waals surface area (Å²) in [7, 11) is 0. The first kappa shape index (κ1) is 18.9. The maximum atomic E-state index is 12.4. The van der Waals surface area contributed by atoms with E-state index in [1.54, 1.807) is 24.3 Å². The third-order valence-corrected chi connectivity index (χ3v) is 4.39. The van der Waals surface area contributed by atoms with Gasteiger partial charge in [-0.3, -0.25) is 14.5 Å². The Balaban J connectivity index is 2.22. The maximum absolute atomic E-state index is 12.4. The molecule has 1 aliphatic heterocycles. The minimum Gasteiger partial charge on any atom is -0.490 e. The summed E-state index contributed by atoms with van der Waals surface area (Å²) in [5, 5.41) is -0.219. The van der Waals surface area contributed by atoms with Gasteiger partial charge in [0.1, 0.15) is 6.61 Å². The van der Waals surface area contributed by atoms with Gasteiger partial charge in [0.25, 0.3) is 11.1 Å². The molecule has 0 saturated carbocycles. The molecule has 0 unspecified atom stereocenters. The van der Waals surface area contributed by atoms with Crippen LogP contribution in [-0.4, -0.2) is 35.8 Å². The lowest BCUT2D eigenvalue weighted by Crippen LogP contribution is -2.29. The first-order valence-electron chi connectivity index (χ1n) is 8.19. The minimum absolute atomic E-state index is 0.149. The zero-order valence-corrected chi connectivity index (χ0v) is 15.2. The fourth-order valence-electron chi connectivity index (χ4n) is 2.28. The molecular formula is C19H21NO4S. The van der Waals surface area contributed by atoms with Gasteiger partial charge in [0, 0.05) is 6.54 Å². The van der Waals surface area contributed by atoms with Crippen molar-refractivity contribution in [3.63, 3.8) is 0 Å². The van der Waals surface area contributed by atoms with E-state index in [1.165, 1.54) is 4.90 Å². The molecule has 132 valence electrons. The first-order valence-corrected chi connectivity index (χ1v) is 9.00. The summed E-state index contributed by atoms with van der Waals surface area (Å²) in [6.45, 7) is 4.98. The lowest BCUT2D eigenvalue weighted by atomic mass is 10.2. The number of hydrogen-bond donors (Lipinski definition) is 0. The average molecular weight is 359 g/mol. The number of terminal acetylenes is 1. The zero-order chi connectivity index (χ0) is 18.2. The van der Waals surface area contributed by atoms with E-state index in [4.69, 9.17) is 15.9 Å². The van der Waals surface area contributed by atoms with Crippen LogP contribution < -0.4 is 9.47 Å². The van der Waals surface area contributed by atoms with E-state index < -0.39 is 0 Å². The summed E-state index contributed by atoms with van der Waals surface area (Å²) < 4.78 is 11.0. The topological polar surface area (TPSA) is 55.8 Å². The van der Waals surface area contributed by atoms with Crippen LogP contribution in [0, 0.1) is 12.3 Å². The van der Waals surface area contributed by atoms with E-state index in [2.05, 4.69) is 5.92 Å². The molecule has 1 aliphatic rings. The van der Waals surface area contributed by atoms with Crippen LogP contribution >= 0.6 is 11.8 Å². The van der Waals surface area contributed by atoms with Crippen LogP contribution in [0.5, 0.6) is 11.5 Å². The molecule has 0 spiro atoms. The highest BCUT2D eigenvalue weighted by Crippen LogP contribution is 2.34. The molecule has 2 amide bonds. The smallest absolute Gasteiger partial charge is 0.293 e. The van der Waals surface area contributed by atoms with Crippen LogP contribution in [0.1, 0.15) is 32.3 Å². The molecule has 5 nitrogen and oxygen atoms in total. The molecule has 0 bridgehead atoms. The van der Waals surface area contributed by atoms with Gasteiger partial charge in [0.2, 0.25) is 0 Å². The molecule has 0 radical (unpaired) electrons. The fourth-order valence-corrected chi connectivity index (χ4v) is 3.15. The molecule has 1 heterocycles. The molecule has 2 rings (SSSR count). The third-order valence-electron chi connectivity index (χ3n) is 3.49. The number of rotatable bonds is 8. The van der Waals surface area contributed by atoms with Crippen molar-refractivity contribution in [3.8, 4) is 23.8 Å². The van der Waals surface area contributed by atoms with Crippen molar-refractivity contribution in [1.29, 1.82) is 0 Å². The van der Waals surface area contributed by atoms with E-state index in [0.717, 1.165) is 30.2 Å². The van der Waals surface area contributed by atoms with Gasteiger partial charge in [-0.15, -0.1) is 6.42 Å². The van der Waals surface area contributed by atoms with Gasteiger partial charge in [-0.05, 0) is 48.9 Å². The van der Waals surface area contributed by atoms with Gasteiger partial charge < -0.3 is 9.47 Å². The summed E-state index contributed by atoms with van der Waals surface area (Å²) in [5.74, 6) is 3.27. The van der Waals surface area contributed by atoms with Crippen molar-refractivity contribution in [2.45, 2.75) is 26.7 Å². The number of imide groups is 1. The number of thioether (sulfide) groups is 1. The number of carbonyl (C=O) groups is 2. The van der Waals surface area contributed by atoms with E-state index in [-0.39, 0.29) is 17.8 Å². The standard InChI is InChI=1S/C19H21NO4S/c1-4-7-10-20-18(21)17(25-19(20)22)13-14-8-9-15(24-11-5-2)16(12-14)23-6-3/h2,8-9,12-13H,4,6-7,10-11H2,1,3H3/b17-13-. The Labute approximate surface area is 152 Å². The Morgan fingerprint density at radius 1 is 1.24 bits per heavy atom. The number of hydrogen-bond acceptors (Lipinski definition) is 5. The SMILES string of the molecule is C#CCOc1ccc(/C=C2\SC(=O)N(CCCC)C2=O)cc1OCC. The highest BCUT2D eigenvalue weighted by molar-refractivity contribution is 8.18. The predicted octanol–water partition coefficient (Wildman–Crippen LogP) is 3.93. The van der Waals surface area contributed by atoms with Gasteiger partial charge in [-0.2, -0.15) is 0 Å². The molecule has 1 saturated heterocycles. The van der Waals surface area contributed by atoms with Crippen molar-refractivity contribution >= 4 is 29.0 Å². The lowest BCUT2D eigenvalue weighted by Gasteiger charge is -2.11. The van der Waals surface area contributed by atoms with Gasteiger partial charge in [0.05, 0.1) is 11.5 Å². The number of nitrogens with zero attached hydrogens (tertiary/aromatic N) is 1. The Kier molecular flexibility index (Phi) is 6.96. The second-order valence-electron chi connectivity index (χ2n) is 5.32. The molecule has 25 heavy (non-hydrogen) atoms. The first-order chi connectivity index (χ1) is 12.1. The zero-order valence-electron chi connectivity index (χ0n) is 14.4. The molecule has 1 aromatic rings. The second-order valence-corrected chi connectivity index (χ2v) is 6.31. The molecule has 0 atom stereocenters. The van der Waals surface area contributed by atoms with Crippen LogP contribution in [0.3, 0.4) is 0 Å². The Morgan fingerprint density at radius 3 is 2.72 bits per heavy atom. The predicted molar refractivity (Wildman–Crippen MR) is 99.5 cm³/mol. The van der Waals surface area contributed by atoms with Crippen LogP contribution in [0.2, 0.25) is 0 Å². The maximum Gasteiger partial charge on any atom is 0.293 e. The van der Waals surface area contributed by atoms with E-state index in [0.29, 0.717) is 29.6 Å². The molecule has 0 aromatic heterocycles. The third kappa shape index (κ3) is 4.80. The monoisotopic (exact) mass is 359 g/mol. The van der Waals surface area contributed by atoms with E-state index >= 15 is 0 Å². The molecule has 0 N–H and O–H groups in total. The van der Waals surface area contributed by atoms with E-state index in [1.807, 2.05) is 13.8 Å². The average Bonchev–Trinajstić information content (AvgIpc) is 2.86. The summed E-state index contributed by atoms with van der Waals surface area (Å²) in [6.07, 6.45) is 8.65. The molecular weight excluding hydrogens is 338 g/mol. The highest BCUT2D eigenvalue weighted by atomic mass is 32.2. The Morgan fingerprint density at radius 2 is 2.04 bits per heavy atom. The second kappa shape index (κ2) is 9.19. The van der Waals surface area contributed by atoms with E-state index in [9.17, 15) is 9.59 Å². The fraction of sp³-hybridized carbons (Fsp3) is 0.368. The Bertz CT molecular complexity index is 721. The summed E-state index contributed by atoms with van der Waals surface area (Å²) in [6, 6.07) is 5.32. The van der Waals surface area contributed by atoms with Crippen LogP contribution in [-0.2, 0) is 4.79 Å². The number of unbranched alkanes of at least 4 members (excludes halogenated alkanes) is 1. The van der Waals surface area contributed by atoms with Gasteiger partial charge in [-0.25, -0.2) is 0 Å². The van der Waals surface area contributed by atoms with Gasteiger partial charge in [-0.1, -0.05) is 25.3 Å². The number of carbonyl (C=O) groups excluding carboxylic acids is 2. The van der Waals surface area contributed by atoms with Crippen molar-refractivity contribution < 1.29 is 19.1 Å². The molecule has 1 aromatic carbocycles. The molecule has 6 heteroatoms. The van der Waals surface area contributed by atoms with Crippen LogP contribution in [0.4, 0.5) is 4.79 Å². The van der Waals surface area contributed by atoms with Crippen molar-refractivity contribution in [3.05, 3.63) is 28.7 Å². The number of ether oxygens (including phenoxy) is 2. The Hall–Kier alpha value is -2.39. The summed E-state index contributed by atoms with van der Waals surface area (Å²) in [4.78, 5) is 26.1. The van der Waals surface area contributed by atoms with Crippen molar-refractivity contribution in [2.24, 2.45) is 0 Å². The van der Waals surface area contributed by atoms with Crippen molar-refractivity contribution in [1.82, 2.24) is 4.90 Å². The molecule has 0 aliphatic carbocycles. The quantitative estimate of drug-likeness (QED) is 0.520. The van der Waals surface area contributed by atoms with Gasteiger partial charge >= 0.3 is 0 Å². The number of amides is 2. The normalized spacial score (nSPS) is 15.6. The number of benzene rings is 1. The minimum atomic E-state index is -0.242. The van der Waals surface area contributed by atoms with Gasteiger partial charge in [0.15, 0.2) is 11.5 Å². The van der Waals surface area contributed by atoms with Crippen LogP contribution in [0.25, 0.3) is 6.08 Å². The van der Waals surface area contributed by atoms with Crippen LogP contribution in [0.15, 0.2) is 23.1 Å². The van der Waals surface area contributed by atoms with Crippen molar-refractivity contribution in [2.75, 3.05) is 19.8 Å². The molecule has 1 fully saturated rings. The largest absolute Gasteiger partial charge is 0.490 e. The lowest BCUT2D eigenvalue weighted by molar-refractivity contribution is -0.122. The highest BCUT2D eigenvalue weighted by Gasteiger charge is 2.34. The summed E-state index contributed by atoms with van der Waals surface area (Å²) in [5.41, 5.74) is 0.762.